The van der Waals surface area contributed by atoms with Gasteiger partial charge in [0, 0.05) is 29.8 Å². The Bertz CT molecular complexity index is 2080. The number of hydrogen-bond acceptors (Lipinski definition) is 10. The molecule has 2 aliphatic rings. The third kappa shape index (κ3) is 16.0. The summed E-state index contributed by atoms with van der Waals surface area (Å²) in [4.78, 5) is 50.1. The van der Waals surface area contributed by atoms with Gasteiger partial charge in [-0.3, -0.25) is 0 Å². The molecule has 2 saturated carbocycles. The number of aryl methyl sites for hydroxylation is 1. The highest BCUT2D eigenvalue weighted by atomic mass is 16.6. The van der Waals surface area contributed by atoms with Crippen molar-refractivity contribution in [1.82, 2.24) is 10.6 Å². The summed E-state index contributed by atoms with van der Waals surface area (Å²) in [5.74, 6) is 22.3. The fourth-order valence-corrected chi connectivity index (χ4v) is 6.69. The van der Waals surface area contributed by atoms with Crippen LogP contribution in [0, 0.1) is 78.0 Å². The van der Waals surface area contributed by atoms with E-state index < -0.39 is 36.3 Å². The lowest BCUT2D eigenvalue weighted by Gasteiger charge is -2.30. The number of rotatable bonds is 18. The maximum absolute atomic E-state index is 13.0. The van der Waals surface area contributed by atoms with Gasteiger partial charge in [0.25, 0.3) is 0 Å². The minimum absolute atomic E-state index is 0.0199. The number of ether oxygens (including phenoxy) is 6. The first kappa shape index (κ1) is 44.9. The Morgan fingerprint density at radius 2 is 1.12 bits per heavy atom. The van der Waals surface area contributed by atoms with E-state index in [1.165, 1.54) is 13.8 Å². The van der Waals surface area contributed by atoms with Gasteiger partial charge >= 0.3 is 24.1 Å². The third-order valence-corrected chi connectivity index (χ3v) is 9.54. The van der Waals surface area contributed by atoms with Crippen LogP contribution in [0.15, 0.2) is 72.8 Å². The van der Waals surface area contributed by atoms with Crippen LogP contribution in [0.1, 0.15) is 51.2 Å². The normalized spacial score (nSPS) is 17.8. The van der Waals surface area contributed by atoms with E-state index in [0.717, 1.165) is 24.8 Å². The van der Waals surface area contributed by atoms with Crippen LogP contribution in [-0.4, -0.2) is 75.9 Å². The van der Waals surface area contributed by atoms with E-state index in [2.05, 4.69) is 71.2 Å². The van der Waals surface area contributed by atoms with Crippen LogP contribution in [-0.2, 0) is 28.5 Å². The van der Waals surface area contributed by atoms with Crippen molar-refractivity contribution in [3.63, 3.8) is 0 Å². The number of amides is 2. The Labute approximate surface area is 346 Å². The highest BCUT2D eigenvalue weighted by Gasteiger charge is 2.46. The summed E-state index contributed by atoms with van der Waals surface area (Å²) in [6.45, 7) is 14.1. The second-order valence-electron chi connectivity index (χ2n) is 14.4. The van der Waals surface area contributed by atoms with Crippen LogP contribution in [0.3, 0.4) is 0 Å². The second kappa shape index (κ2) is 23.5. The van der Waals surface area contributed by atoms with E-state index in [1.807, 2.05) is 31.2 Å². The fourth-order valence-electron chi connectivity index (χ4n) is 6.69. The summed E-state index contributed by atoms with van der Waals surface area (Å²) in [6.07, 6.45) is -0.213. The predicted molar refractivity (Wildman–Crippen MR) is 220 cm³/mol. The highest BCUT2D eigenvalue weighted by molar-refractivity contribution is 5.87. The molecule has 2 aromatic rings. The van der Waals surface area contributed by atoms with E-state index >= 15 is 0 Å². The van der Waals surface area contributed by atoms with Crippen molar-refractivity contribution < 1.29 is 47.6 Å². The number of benzene rings is 2. The topological polar surface area (TPSA) is 148 Å². The van der Waals surface area contributed by atoms with Crippen molar-refractivity contribution in [2.75, 3.05) is 39.5 Å². The van der Waals surface area contributed by atoms with Crippen LogP contribution < -0.4 is 20.1 Å². The first-order chi connectivity index (χ1) is 28.4. The van der Waals surface area contributed by atoms with Gasteiger partial charge in [0.05, 0.1) is 0 Å². The van der Waals surface area contributed by atoms with E-state index in [1.54, 1.807) is 31.2 Å². The van der Waals surface area contributed by atoms with Crippen LogP contribution in [0.2, 0.25) is 0 Å². The van der Waals surface area contributed by atoms with Crippen LogP contribution in [0.5, 0.6) is 11.5 Å². The van der Waals surface area contributed by atoms with Gasteiger partial charge in [-0.05, 0) is 143 Å². The number of carbonyl (C=O) groups is 4. The molecular formula is C47H50N2O10. The summed E-state index contributed by atoms with van der Waals surface area (Å²) >= 11 is 0. The molecule has 12 heteroatoms. The largest absolute Gasteiger partial charge is 0.490 e. The summed E-state index contributed by atoms with van der Waals surface area (Å²) in [7, 11) is 0. The standard InChI is InChI=1S/C47H50N2O10/c1-7-8-9-10-11-12-13-14-35-17-21-40(22-18-35)55-29-42(31-57-45(51)33(4)5)59-47(53)49-27-38-24-36-23-37(43(38)25-36)26-48-46(52)58-41(30-56-44(50)32(2)3)28-54-39-19-15-34(6)16-20-39/h15-22,36-38,41-43H,2,4,23-31H2,1,3,5-6H3,(H,48,52)(H,49,53). The van der Waals surface area contributed by atoms with E-state index in [-0.39, 0.29) is 55.3 Å². The van der Waals surface area contributed by atoms with E-state index in [0.29, 0.717) is 36.1 Å². The molecule has 12 nitrogen and oxygen atoms in total. The maximum Gasteiger partial charge on any atom is 0.407 e. The summed E-state index contributed by atoms with van der Waals surface area (Å²) in [5, 5.41) is 5.76. The zero-order chi connectivity index (χ0) is 42.6. The number of hydrogen-bond donors (Lipinski definition) is 2. The van der Waals surface area contributed by atoms with Crippen molar-refractivity contribution in [3.05, 3.63) is 84.0 Å². The van der Waals surface area contributed by atoms with Gasteiger partial charge < -0.3 is 39.1 Å². The molecule has 0 heterocycles. The van der Waals surface area contributed by atoms with Gasteiger partial charge in [-0.15, -0.1) is 0 Å². The Balaban J connectivity index is 1.25. The Morgan fingerprint density at radius 3 is 1.58 bits per heavy atom. The monoisotopic (exact) mass is 802 g/mol. The zero-order valence-corrected chi connectivity index (χ0v) is 33.9. The Kier molecular flexibility index (Phi) is 17.9. The molecule has 4 rings (SSSR count). The number of carbonyl (C=O) groups excluding carboxylic acids is 4. The summed E-state index contributed by atoms with van der Waals surface area (Å²) < 4.78 is 33.5. The van der Waals surface area contributed by atoms with Crippen molar-refractivity contribution >= 4 is 24.1 Å². The quantitative estimate of drug-likeness (QED) is 0.0806. The molecule has 6 atom stereocenters. The van der Waals surface area contributed by atoms with Crippen molar-refractivity contribution in [2.45, 2.75) is 59.2 Å². The number of fused-ring (bicyclic) bond motifs is 2. The molecule has 2 bridgehead atoms. The molecule has 0 spiro atoms. The number of esters is 2. The van der Waals surface area contributed by atoms with Crippen molar-refractivity contribution in [2.24, 2.45) is 23.7 Å². The molecule has 2 aliphatic carbocycles. The average Bonchev–Trinajstić information content (AvgIpc) is 3.82. The SMILES string of the molecule is C=C(C)C(=O)OCC(COc1ccc(C)cc1)OC(=O)NCC1CC2CC(CNC(=O)OC(COC(=O)C(=C)C)COc3ccc(C#CC#CC#CC#CC)cc3)C1C2. The van der Waals surface area contributed by atoms with Gasteiger partial charge in [-0.1, -0.05) is 42.7 Å². The second-order valence-corrected chi connectivity index (χ2v) is 14.4. The maximum atomic E-state index is 13.0. The molecule has 2 aromatic carbocycles. The minimum atomic E-state index is -0.912. The first-order valence-electron chi connectivity index (χ1n) is 19.3. The number of nitrogens with one attached hydrogen (secondary N) is 2. The lowest BCUT2D eigenvalue weighted by atomic mass is 9.80. The molecule has 308 valence electrons. The minimum Gasteiger partial charge on any atom is -0.490 e. The molecule has 0 aromatic heterocycles. The van der Waals surface area contributed by atoms with Gasteiger partial charge in [0.2, 0.25) is 0 Å². The molecule has 0 aliphatic heterocycles. The lowest BCUT2D eigenvalue weighted by Crippen LogP contribution is -2.41. The lowest BCUT2D eigenvalue weighted by molar-refractivity contribution is -0.143. The van der Waals surface area contributed by atoms with E-state index in [4.69, 9.17) is 28.4 Å². The fraction of sp³-hybridized carbons (Fsp3) is 0.404. The molecule has 59 heavy (non-hydrogen) atoms. The molecule has 2 amide bonds. The van der Waals surface area contributed by atoms with E-state index in [9.17, 15) is 19.2 Å². The molecule has 0 radical (unpaired) electrons. The molecule has 6 unspecified atom stereocenters. The first-order valence-corrected chi connectivity index (χ1v) is 19.3. The molecule has 0 saturated heterocycles. The zero-order valence-electron chi connectivity index (χ0n) is 33.9. The van der Waals surface area contributed by atoms with Gasteiger partial charge in [-0.2, -0.15) is 0 Å². The number of alkyl carbamates (subject to hydrolysis) is 2. The summed E-state index contributed by atoms with van der Waals surface area (Å²) in [5.41, 5.74) is 2.22. The predicted octanol–water partition coefficient (Wildman–Crippen LogP) is 5.92. The van der Waals surface area contributed by atoms with Gasteiger partial charge in [0.1, 0.15) is 37.9 Å². The molecule has 2 fully saturated rings. The summed E-state index contributed by atoms with van der Waals surface area (Å²) in [6, 6.07) is 14.4. The molecular weight excluding hydrogens is 753 g/mol. The highest BCUT2D eigenvalue weighted by Crippen LogP contribution is 2.51. The van der Waals surface area contributed by atoms with Crippen molar-refractivity contribution in [3.8, 4) is 58.9 Å². The Hall–Kier alpha value is -6.76. The van der Waals surface area contributed by atoms with Crippen LogP contribution in [0.25, 0.3) is 0 Å². The van der Waals surface area contributed by atoms with Crippen LogP contribution in [0.4, 0.5) is 9.59 Å². The Morgan fingerprint density at radius 1 is 0.661 bits per heavy atom. The smallest absolute Gasteiger partial charge is 0.407 e. The molecule has 2 N–H and O–H groups in total. The van der Waals surface area contributed by atoms with Gasteiger partial charge in [0.15, 0.2) is 12.2 Å². The van der Waals surface area contributed by atoms with Crippen LogP contribution >= 0.6 is 0 Å². The third-order valence-electron chi connectivity index (χ3n) is 9.54. The van der Waals surface area contributed by atoms with Gasteiger partial charge in [-0.25, -0.2) is 19.2 Å². The average molecular weight is 803 g/mol. The van der Waals surface area contributed by atoms with Crippen molar-refractivity contribution in [1.29, 1.82) is 0 Å².